The number of amides is 1. The molecule has 6 nitrogen and oxygen atoms in total. The minimum atomic E-state index is -0.167. The summed E-state index contributed by atoms with van der Waals surface area (Å²) >= 11 is 5.76. The van der Waals surface area contributed by atoms with Crippen molar-refractivity contribution < 1.29 is 4.79 Å². The van der Waals surface area contributed by atoms with Crippen molar-refractivity contribution in [3.05, 3.63) is 52.7 Å². The van der Waals surface area contributed by atoms with Crippen LogP contribution >= 0.6 is 11.6 Å². The number of rotatable bonds is 5. The smallest absolute Gasteiger partial charge is 0.251 e. The molecule has 0 aliphatic carbocycles. The number of hydrogen-bond acceptors (Lipinski definition) is 5. The normalized spacial score (nSPS) is 9.71. The van der Waals surface area contributed by atoms with Gasteiger partial charge < -0.3 is 10.6 Å². The van der Waals surface area contributed by atoms with Crippen molar-refractivity contribution in [1.29, 1.82) is 5.26 Å². The summed E-state index contributed by atoms with van der Waals surface area (Å²) in [4.78, 5) is 11.8. The highest BCUT2D eigenvalue weighted by atomic mass is 35.5. The highest BCUT2D eigenvalue weighted by molar-refractivity contribution is 6.30. The second-order valence-electron chi connectivity index (χ2n) is 4.11. The lowest BCUT2D eigenvalue weighted by Crippen LogP contribution is -2.28. The summed E-state index contributed by atoms with van der Waals surface area (Å²) in [6.45, 7) is 0.934. The zero-order valence-corrected chi connectivity index (χ0v) is 11.8. The van der Waals surface area contributed by atoms with Crippen LogP contribution in [0.15, 0.2) is 36.4 Å². The van der Waals surface area contributed by atoms with Crippen LogP contribution in [0.2, 0.25) is 5.02 Å². The molecule has 0 aliphatic rings. The molecule has 0 fully saturated rings. The van der Waals surface area contributed by atoms with E-state index in [9.17, 15) is 4.79 Å². The van der Waals surface area contributed by atoms with Crippen LogP contribution < -0.4 is 10.6 Å². The lowest BCUT2D eigenvalue weighted by Gasteiger charge is -2.07. The fraction of sp³-hybridized carbons (Fsp3) is 0.143. The fourth-order valence-corrected chi connectivity index (χ4v) is 1.68. The number of nitrogens with zero attached hydrogens (tertiary/aromatic N) is 3. The SMILES string of the molecule is N#Cc1ccc(NCCNC(=O)c2ccc(Cl)cc2)nn1. The Morgan fingerprint density at radius 1 is 1.14 bits per heavy atom. The van der Waals surface area contributed by atoms with Crippen molar-refractivity contribution in [3.8, 4) is 6.07 Å². The summed E-state index contributed by atoms with van der Waals surface area (Å²) in [7, 11) is 0. The first-order valence-corrected chi connectivity index (χ1v) is 6.58. The summed E-state index contributed by atoms with van der Waals surface area (Å²) in [5, 5.41) is 22.5. The highest BCUT2D eigenvalue weighted by Gasteiger charge is 2.04. The Morgan fingerprint density at radius 2 is 1.90 bits per heavy atom. The average molecular weight is 302 g/mol. The van der Waals surface area contributed by atoms with E-state index in [1.807, 2.05) is 6.07 Å². The molecule has 106 valence electrons. The minimum absolute atomic E-state index is 0.167. The zero-order chi connectivity index (χ0) is 15.1. The maximum absolute atomic E-state index is 11.8. The van der Waals surface area contributed by atoms with Gasteiger partial charge in [0.1, 0.15) is 11.9 Å². The summed E-state index contributed by atoms with van der Waals surface area (Å²) < 4.78 is 0. The van der Waals surface area contributed by atoms with E-state index in [1.54, 1.807) is 36.4 Å². The first-order valence-electron chi connectivity index (χ1n) is 6.20. The van der Waals surface area contributed by atoms with E-state index in [0.29, 0.717) is 29.5 Å². The third-order valence-corrected chi connectivity index (χ3v) is 2.85. The van der Waals surface area contributed by atoms with Gasteiger partial charge in [0.15, 0.2) is 5.69 Å². The van der Waals surface area contributed by atoms with Gasteiger partial charge in [-0.05, 0) is 36.4 Å². The second kappa shape index (κ2) is 7.22. The van der Waals surface area contributed by atoms with E-state index in [4.69, 9.17) is 16.9 Å². The van der Waals surface area contributed by atoms with Gasteiger partial charge in [0.2, 0.25) is 0 Å². The average Bonchev–Trinajstić information content (AvgIpc) is 2.52. The third-order valence-electron chi connectivity index (χ3n) is 2.60. The molecule has 0 saturated carbocycles. The van der Waals surface area contributed by atoms with Crippen LogP contribution in [0, 0.1) is 11.3 Å². The van der Waals surface area contributed by atoms with Gasteiger partial charge in [-0.3, -0.25) is 4.79 Å². The third kappa shape index (κ3) is 4.44. The van der Waals surface area contributed by atoms with Gasteiger partial charge in [-0.25, -0.2) is 0 Å². The van der Waals surface area contributed by atoms with Crippen molar-refractivity contribution >= 4 is 23.3 Å². The molecule has 21 heavy (non-hydrogen) atoms. The number of nitrogens with one attached hydrogen (secondary N) is 2. The number of hydrogen-bond donors (Lipinski definition) is 2. The Labute approximate surface area is 126 Å². The molecule has 1 aromatic carbocycles. The van der Waals surface area contributed by atoms with Crippen LogP contribution in [-0.4, -0.2) is 29.2 Å². The number of anilines is 1. The molecule has 0 atom stereocenters. The standard InChI is InChI=1S/C14H12ClN5O/c15-11-3-1-10(2-4-11)14(21)18-8-7-17-13-6-5-12(9-16)19-20-13/h1-6H,7-8H2,(H,17,20)(H,18,21). The second-order valence-corrected chi connectivity index (χ2v) is 4.54. The number of nitriles is 1. The topological polar surface area (TPSA) is 90.7 Å². The van der Waals surface area contributed by atoms with E-state index in [2.05, 4.69) is 20.8 Å². The molecule has 2 aromatic rings. The van der Waals surface area contributed by atoms with E-state index >= 15 is 0 Å². The van der Waals surface area contributed by atoms with Crippen LogP contribution in [-0.2, 0) is 0 Å². The molecule has 2 N–H and O–H groups in total. The first kappa shape index (κ1) is 14.8. The maximum Gasteiger partial charge on any atom is 0.251 e. The molecule has 1 aromatic heterocycles. The Balaban J connectivity index is 1.75. The van der Waals surface area contributed by atoms with Gasteiger partial charge in [-0.1, -0.05) is 11.6 Å². The zero-order valence-electron chi connectivity index (χ0n) is 11.0. The minimum Gasteiger partial charge on any atom is -0.367 e. The number of benzene rings is 1. The van der Waals surface area contributed by atoms with Gasteiger partial charge in [-0.15, -0.1) is 10.2 Å². The monoisotopic (exact) mass is 301 g/mol. The molecule has 1 amide bonds. The first-order chi connectivity index (χ1) is 10.2. The van der Waals surface area contributed by atoms with Crippen LogP contribution in [0.25, 0.3) is 0 Å². The quantitative estimate of drug-likeness (QED) is 0.822. The summed E-state index contributed by atoms with van der Waals surface area (Å²) in [5.74, 6) is 0.383. The molecule has 0 unspecified atom stereocenters. The lowest BCUT2D eigenvalue weighted by atomic mass is 10.2. The predicted molar refractivity (Wildman–Crippen MR) is 79.0 cm³/mol. The molecule has 0 radical (unpaired) electrons. The Hall–Kier alpha value is -2.65. The molecule has 7 heteroatoms. The number of halogens is 1. The van der Waals surface area contributed by atoms with Crippen molar-refractivity contribution in [2.45, 2.75) is 0 Å². The number of carbonyl (C=O) groups is 1. The summed E-state index contributed by atoms with van der Waals surface area (Å²) in [5.41, 5.74) is 0.814. The van der Waals surface area contributed by atoms with E-state index in [0.717, 1.165) is 0 Å². The molecule has 0 aliphatic heterocycles. The predicted octanol–water partition coefficient (Wildman–Crippen LogP) is 1.84. The molecule has 2 rings (SSSR count). The van der Waals surface area contributed by atoms with Crippen molar-refractivity contribution in [1.82, 2.24) is 15.5 Å². The van der Waals surface area contributed by atoms with Crippen molar-refractivity contribution in [2.24, 2.45) is 0 Å². The Kier molecular flexibility index (Phi) is 5.07. The lowest BCUT2D eigenvalue weighted by molar-refractivity contribution is 0.0955. The molecule has 1 heterocycles. The highest BCUT2D eigenvalue weighted by Crippen LogP contribution is 2.09. The van der Waals surface area contributed by atoms with Crippen LogP contribution in [0.3, 0.4) is 0 Å². The van der Waals surface area contributed by atoms with Gasteiger partial charge in [0, 0.05) is 23.7 Å². The molecular formula is C14H12ClN5O. The van der Waals surface area contributed by atoms with Crippen molar-refractivity contribution in [2.75, 3.05) is 18.4 Å². The van der Waals surface area contributed by atoms with Crippen LogP contribution in [0.4, 0.5) is 5.82 Å². The van der Waals surface area contributed by atoms with Crippen molar-refractivity contribution in [3.63, 3.8) is 0 Å². The number of carbonyl (C=O) groups excluding carboxylic acids is 1. The van der Waals surface area contributed by atoms with E-state index < -0.39 is 0 Å². The molecule has 0 bridgehead atoms. The van der Waals surface area contributed by atoms with Gasteiger partial charge in [-0.2, -0.15) is 5.26 Å². The molecule has 0 spiro atoms. The largest absolute Gasteiger partial charge is 0.367 e. The Morgan fingerprint density at radius 3 is 2.52 bits per heavy atom. The van der Waals surface area contributed by atoms with E-state index in [-0.39, 0.29) is 11.6 Å². The summed E-state index contributed by atoms with van der Waals surface area (Å²) in [6.07, 6.45) is 0. The van der Waals surface area contributed by atoms with Gasteiger partial charge in [0.05, 0.1) is 0 Å². The molecule has 0 saturated heterocycles. The number of aromatic nitrogens is 2. The van der Waals surface area contributed by atoms with Gasteiger partial charge in [0.25, 0.3) is 5.91 Å². The maximum atomic E-state index is 11.8. The summed E-state index contributed by atoms with van der Waals surface area (Å²) in [6, 6.07) is 11.8. The molecular weight excluding hydrogens is 290 g/mol. The van der Waals surface area contributed by atoms with Crippen LogP contribution in [0.1, 0.15) is 16.1 Å². The fourth-order valence-electron chi connectivity index (χ4n) is 1.56. The van der Waals surface area contributed by atoms with Gasteiger partial charge >= 0.3 is 0 Å². The van der Waals surface area contributed by atoms with E-state index in [1.165, 1.54) is 0 Å². The Bertz CT molecular complexity index is 649. The van der Waals surface area contributed by atoms with Crippen LogP contribution in [0.5, 0.6) is 0 Å².